The molecular formula is C14H17F6N3O3S2Si. The zero-order valence-electron chi connectivity index (χ0n) is 15.6. The van der Waals surface area contributed by atoms with Gasteiger partial charge < -0.3 is 4.74 Å². The van der Waals surface area contributed by atoms with Crippen molar-refractivity contribution >= 4 is 33.7 Å². The van der Waals surface area contributed by atoms with E-state index in [-0.39, 0.29) is 0 Å². The molecule has 0 aromatic carbocycles. The number of nitrogens with one attached hydrogen (secondary N) is 1. The first-order valence-electron chi connectivity index (χ1n) is 8.00. The van der Waals surface area contributed by atoms with E-state index >= 15 is 0 Å². The third-order valence-corrected chi connectivity index (χ3v) is 10.8. The summed E-state index contributed by atoms with van der Waals surface area (Å²) in [5.74, 6) is -1.08. The maximum absolute atomic E-state index is 13.3. The van der Waals surface area contributed by atoms with Gasteiger partial charge in [0.15, 0.2) is 6.61 Å². The first kappa shape index (κ1) is 23.7. The van der Waals surface area contributed by atoms with Crippen LogP contribution < -0.4 is 9.24 Å². The van der Waals surface area contributed by atoms with Gasteiger partial charge >= 0.3 is 12.4 Å². The highest BCUT2D eigenvalue weighted by Gasteiger charge is 2.44. The van der Waals surface area contributed by atoms with Gasteiger partial charge in [0.2, 0.25) is 20.1 Å². The van der Waals surface area contributed by atoms with Crippen molar-refractivity contribution in [3.05, 3.63) is 17.5 Å². The van der Waals surface area contributed by atoms with Gasteiger partial charge in [-0.3, -0.25) is 5.10 Å². The van der Waals surface area contributed by atoms with Crippen LogP contribution in [0, 0.1) is 0 Å². The lowest BCUT2D eigenvalue weighted by Crippen LogP contribution is -2.34. The summed E-state index contributed by atoms with van der Waals surface area (Å²) in [5, 5.41) is 2.76. The van der Waals surface area contributed by atoms with E-state index in [0.29, 0.717) is 4.50 Å². The molecule has 0 spiro atoms. The molecule has 2 rings (SSSR count). The molecule has 2 aromatic rings. The van der Waals surface area contributed by atoms with Gasteiger partial charge in [-0.2, -0.15) is 26.3 Å². The van der Waals surface area contributed by atoms with Gasteiger partial charge in [-0.05, 0) is 6.92 Å². The number of aromatic amines is 1. The second-order valence-corrected chi connectivity index (χ2v) is 16.0. The van der Waals surface area contributed by atoms with Gasteiger partial charge in [0.25, 0.3) is 0 Å². The monoisotopic (exact) mass is 481 g/mol. The topological polar surface area (TPSA) is 84.9 Å². The van der Waals surface area contributed by atoms with Crippen LogP contribution in [-0.2, 0) is 16.0 Å². The quantitative estimate of drug-likeness (QED) is 0.500. The Hall–Kier alpha value is -1.61. The van der Waals surface area contributed by atoms with E-state index in [1.807, 2.05) is 19.6 Å². The predicted octanol–water partition coefficient (Wildman–Crippen LogP) is 3.91. The number of alkyl halides is 6. The molecule has 0 saturated carbocycles. The van der Waals surface area contributed by atoms with Crippen LogP contribution in [0.5, 0.6) is 5.88 Å². The summed E-state index contributed by atoms with van der Waals surface area (Å²) in [5.41, 5.74) is -2.61. The number of ether oxygens (including phenoxy) is 1. The van der Waals surface area contributed by atoms with E-state index in [9.17, 15) is 34.8 Å². The molecule has 29 heavy (non-hydrogen) atoms. The molecule has 2 heterocycles. The number of H-pyrrole nitrogens is 1. The number of aromatic nitrogens is 3. The maximum atomic E-state index is 13.3. The first-order valence-corrected chi connectivity index (χ1v) is 13.9. The van der Waals surface area contributed by atoms with Crippen molar-refractivity contribution in [3.8, 4) is 5.88 Å². The van der Waals surface area contributed by atoms with Gasteiger partial charge in [0, 0.05) is 10.7 Å². The molecule has 1 unspecified atom stereocenters. The Balaban J connectivity index is 2.53. The fourth-order valence-corrected chi connectivity index (χ4v) is 7.02. The van der Waals surface area contributed by atoms with E-state index in [2.05, 4.69) is 14.8 Å². The zero-order chi connectivity index (χ0) is 22.4. The summed E-state index contributed by atoms with van der Waals surface area (Å²) in [6.45, 7) is 4.79. The van der Waals surface area contributed by atoms with Gasteiger partial charge in [0.05, 0.1) is 18.9 Å². The van der Waals surface area contributed by atoms with Crippen molar-refractivity contribution in [1.29, 1.82) is 0 Å². The molecule has 0 aliphatic heterocycles. The van der Waals surface area contributed by atoms with Crippen molar-refractivity contribution in [2.24, 2.45) is 0 Å². The lowest BCUT2D eigenvalue weighted by molar-refractivity contribution is -0.154. The standard InChI is InChI=1S/C14H17F6N3O3S2Si/c1-7(28(24,25)12-21-5-8(27-12)29(2,3)4)9-10(14(18,19)20)22-23-11(9)26-6-13(15,16)17/h5,7H,6H2,1-4H3,(H,22,23). The van der Waals surface area contributed by atoms with E-state index in [0.717, 1.165) is 18.3 Å². The number of halogens is 6. The summed E-state index contributed by atoms with van der Waals surface area (Å²) in [7, 11) is -6.39. The molecule has 0 fully saturated rings. The van der Waals surface area contributed by atoms with Crippen LogP contribution in [0.3, 0.4) is 0 Å². The Kier molecular flexibility index (Phi) is 6.18. The minimum absolute atomic E-state index is 0.418. The molecule has 0 aliphatic carbocycles. The fourth-order valence-electron chi connectivity index (χ4n) is 2.23. The third kappa shape index (κ3) is 5.31. The number of hydrogen-bond donors (Lipinski definition) is 1. The van der Waals surface area contributed by atoms with Crippen molar-refractivity contribution in [2.75, 3.05) is 6.61 Å². The van der Waals surface area contributed by atoms with Crippen LogP contribution in [0.2, 0.25) is 19.6 Å². The zero-order valence-corrected chi connectivity index (χ0v) is 18.2. The largest absolute Gasteiger partial charge is 0.467 e. The Morgan fingerprint density at radius 1 is 1.21 bits per heavy atom. The molecule has 0 radical (unpaired) electrons. The Labute approximate surface area is 167 Å². The Morgan fingerprint density at radius 2 is 1.79 bits per heavy atom. The van der Waals surface area contributed by atoms with E-state index in [1.54, 1.807) is 5.10 Å². The van der Waals surface area contributed by atoms with Gasteiger partial charge in [0.1, 0.15) is 5.69 Å². The van der Waals surface area contributed by atoms with Crippen molar-refractivity contribution in [3.63, 3.8) is 0 Å². The van der Waals surface area contributed by atoms with Crippen LogP contribution in [-0.4, -0.2) is 44.5 Å². The number of hydrogen-bond acceptors (Lipinski definition) is 6. The fraction of sp³-hybridized carbons (Fsp3) is 0.571. The Bertz CT molecular complexity index is 976. The van der Waals surface area contributed by atoms with Crippen LogP contribution in [0.15, 0.2) is 10.5 Å². The molecule has 0 amide bonds. The number of nitrogens with zero attached hydrogens (tertiary/aromatic N) is 2. The normalized spacial score (nSPS) is 14.8. The number of rotatable bonds is 6. The SMILES string of the molecule is CC(c1c(OCC(F)(F)F)n[nH]c1C(F)(F)F)S(=O)(=O)c1ncc([Si](C)(C)C)s1. The first-order chi connectivity index (χ1) is 12.9. The molecule has 1 N–H and O–H groups in total. The second kappa shape index (κ2) is 7.57. The van der Waals surface area contributed by atoms with Crippen molar-refractivity contribution < 1.29 is 39.5 Å². The summed E-state index contributed by atoms with van der Waals surface area (Å²) < 4.78 is 108. The number of thiazole rings is 1. The molecule has 2 aromatic heterocycles. The summed E-state index contributed by atoms with van der Waals surface area (Å²) in [4.78, 5) is 3.82. The minimum Gasteiger partial charge on any atom is -0.467 e. The van der Waals surface area contributed by atoms with Crippen LogP contribution in [0.1, 0.15) is 23.4 Å². The minimum atomic E-state index is -5.09. The third-order valence-electron chi connectivity index (χ3n) is 3.76. The molecule has 1 atom stereocenters. The van der Waals surface area contributed by atoms with E-state index < -0.39 is 63.6 Å². The van der Waals surface area contributed by atoms with Crippen LogP contribution in [0.25, 0.3) is 0 Å². The van der Waals surface area contributed by atoms with Crippen LogP contribution >= 0.6 is 11.3 Å². The van der Waals surface area contributed by atoms with Gasteiger partial charge in [-0.15, -0.1) is 16.4 Å². The lowest BCUT2D eigenvalue weighted by atomic mass is 10.2. The maximum Gasteiger partial charge on any atom is 0.433 e. The molecule has 0 bridgehead atoms. The molecule has 0 saturated heterocycles. The molecule has 0 aliphatic rings. The highest BCUT2D eigenvalue weighted by atomic mass is 32.2. The summed E-state index contributed by atoms with van der Waals surface area (Å²) in [6.07, 6.45) is -8.58. The molecule has 6 nitrogen and oxygen atoms in total. The molecule has 15 heteroatoms. The molecular weight excluding hydrogens is 464 g/mol. The van der Waals surface area contributed by atoms with Crippen LogP contribution in [0.4, 0.5) is 26.3 Å². The summed E-state index contributed by atoms with van der Waals surface area (Å²) >= 11 is 0.839. The predicted molar refractivity (Wildman–Crippen MR) is 95.8 cm³/mol. The highest BCUT2D eigenvalue weighted by molar-refractivity contribution is 7.93. The smallest absolute Gasteiger partial charge is 0.433 e. The van der Waals surface area contributed by atoms with Crippen molar-refractivity contribution in [1.82, 2.24) is 15.2 Å². The lowest BCUT2D eigenvalue weighted by Gasteiger charge is -2.16. The molecule has 164 valence electrons. The van der Waals surface area contributed by atoms with E-state index in [4.69, 9.17) is 0 Å². The average Bonchev–Trinajstić information content (AvgIpc) is 3.17. The average molecular weight is 482 g/mol. The second-order valence-electron chi connectivity index (χ2n) is 7.15. The Morgan fingerprint density at radius 3 is 2.24 bits per heavy atom. The van der Waals surface area contributed by atoms with Gasteiger partial charge in [-0.1, -0.05) is 19.6 Å². The van der Waals surface area contributed by atoms with E-state index in [1.165, 1.54) is 6.20 Å². The highest BCUT2D eigenvalue weighted by Crippen LogP contribution is 2.42. The van der Waals surface area contributed by atoms with Gasteiger partial charge in [-0.25, -0.2) is 13.4 Å². The van der Waals surface area contributed by atoms with Crippen molar-refractivity contribution in [2.45, 2.75) is 48.5 Å². The summed E-state index contributed by atoms with van der Waals surface area (Å²) in [6, 6.07) is 0. The number of sulfone groups is 1.